The third-order valence-corrected chi connectivity index (χ3v) is 8.18. The van der Waals surface area contributed by atoms with Crippen molar-refractivity contribution in [2.75, 3.05) is 59.4 Å². The Morgan fingerprint density at radius 1 is 1.00 bits per heavy atom. The van der Waals surface area contributed by atoms with Crippen LogP contribution in [-0.4, -0.2) is 113 Å². The summed E-state index contributed by atoms with van der Waals surface area (Å²) >= 11 is 0. The molecule has 1 aliphatic heterocycles. The van der Waals surface area contributed by atoms with Crippen molar-refractivity contribution in [2.45, 2.75) is 43.9 Å². The van der Waals surface area contributed by atoms with Crippen molar-refractivity contribution in [3.63, 3.8) is 0 Å². The Hall–Kier alpha value is -3.75. The molecular weight excluding hydrogens is 638 g/mol. The van der Waals surface area contributed by atoms with Crippen LogP contribution in [0, 0.1) is 0 Å². The molecule has 1 aliphatic rings. The number of aliphatic hydroxyl groups excluding tert-OH is 4. The largest absolute Gasteiger partial charge is 1.00 e. The molecule has 0 unspecified atom stereocenters. The molecule has 2 heterocycles. The van der Waals surface area contributed by atoms with E-state index in [-0.39, 0.29) is 24.9 Å². The predicted molar refractivity (Wildman–Crippen MR) is 179 cm³/mol. The van der Waals surface area contributed by atoms with Gasteiger partial charge in [0, 0.05) is 24.3 Å². The molecule has 4 atom stereocenters. The van der Waals surface area contributed by atoms with Gasteiger partial charge in [-0.05, 0) is 54.3 Å². The van der Waals surface area contributed by atoms with Gasteiger partial charge in [0.2, 0.25) is 5.95 Å². The molecule has 1 amide bonds. The summed E-state index contributed by atoms with van der Waals surface area (Å²) in [6.07, 6.45) is -3.09. The minimum Gasteiger partial charge on any atom is -1.00 e. The molecule has 12 nitrogen and oxygen atoms in total. The van der Waals surface area contributed by atoms with Gasteiger partial charge < -0.3 is 57.4 Å². The number of unbranched alkanes of at least 4 members (excludes halogenated alkanes) is 1. The summed E-state index contributed by atoms with van der Waals surface area (Å²) in [7, 11) is 6.24. The molecule has 0 saturated carbocycles. The number of amides is 1. The van der Waals surface area contributed by atoms with Crippen molar-refractivity contribution in [1.29, 1.82) is 0 Å². The van der Waals surface area contributed by atoms with E-state index < -0.39 is 31.1 Å². The monoisotopic (exact) mass is 683 g/mol. The van der Waals surface area contributed by atoms with Crippen molar-refractivity contribution >= 4 is 22.9 Å². The number of likely N-dealkylation sites (N-methyl/N-ethyl adjacent to an activating group) is 1. The van der Waals surface area contributed by atoms with Crippen LogP contribution in [0.15, 0.2) is 66.7 Å². The van der Waals surface area contributed by atoms with Crippen molar-refractivity contribution in [3.05, 3.63) is 77.9 Å². The first-order chi connectivity index (χ1) is 22.6. The predicted octanol–water partition coefficient (Wildman–Crippen LogP) is -0.482. The number of benzene rings is 3. The molecule has 1 aromatic heterocycles. The van der Waals surface area contributed by atoms with Crippen molar-refractivity contribution in [1.82, 2.24) is 14.9 Å². The number of halogens is 1. The third kappa shape index (κ3) is 8.83. The second-order valence-electron chi connectivity index (χ2n) is 12.8. The molecule has 0 bridgehead atoms. The molecule has 6 N–H and O–H groups in total. The highest BCUT2D eigenvalue weighted by Crippen LogP contribution is 2.36. The van der Waals surface area contributed by atoms with Gasteiger partial charge in [-0.15, -0.1) is 0 Å². The number of nitrogens with one attached hydrogen (secondary N) is 2. The van der Waals surface area contributed by atoms with Crippen LogP contribution in [0.2, 0.25) is 0 Å². The van der Waals surface area contributed by atoms with Crippen LogP contribution in [0.5, 0.6) is 5.75 Å². The number of anilines is 1. The van der Waals surface area contributed by atoms with E-state index in [1.54, 1.807) is 10.6 Å². The Morgan fingerprint density at radius 2 is 1.79 bits per heavy atom. The van der Waals surface area contributed by atoms with Crippen LogP contribution < -0.4 is 27.8 Å². The first kappa shape index (κ1) is 37.1. The average molecular weight is 684 g/mol. The Labute approximate surface area is 286 Å². The van der Waals surface area contributed by atoms with E-state index in [1.165, 1.54) is 0 Å². The van der Waals surface area contributed by atoms with Crippen LogP contribution in [0.3, 0.4) is 0 Å². The van der Waals surface area contributed by atoms with Gasteiger partial charge in [0.15, 0.2) is 6.23 Å². The number of carbonyl (C=O) groups is 1. The van der Waals surface area contributed by atoms with Gasteiger partial charge in [-0.2, -0.15) is 0 Å². The lowest BCUT2D eigenvalue weighted by atomic mass is 10.00. The topological polar surface area (TPSA) is 158 Å². The summed E-state index contributed by atoms with van der Waals surface area (Å²) in [5.41, 5.74) is 4.50. The number of nitrogens with zero attached hydrogens (tertiary/aromatic N) is 3. The summed E-state index contributed by atoms with van der Waals surface area (Å²) in [6.45, 7) is 1.79. The fourth-order valence-electron chi connectivity index (χ4n) is 5.57. The molecule has 3 aromatic carbocycles. The summed E-state index contributed by atoms with van der Waals surface area (Å²) in [4.78, 5) is 17.7. The fraction of sp³-hybridized carbons (Fsp3) is 0.429. The summed E-state index contributed by atoms with van der Waals surface area (Å²) in [5.74, 6) is 0.935. The molecule has 4 aromatic rings. The Bertz CT molecular complexity index is 1660. The number of hydrogen-bond acceptors (Lipinski definition) is 9. The first-order valence-corrected chi connectivity index (χ1v) is 16.0. The zero-order valence-electron chi connectivity index (χ0n) is 27.6. The Morgan fingerprint density at radius 3 is 2.52 bits per heavy atom. The van der Waals surface area contributed by atoms with Crippen LogP contribution >= 0.6 is 0 Å². The highest BCUT2D eigenvalue weighted by Gasteiger charge is 2.44. The van der Waals surface area contributed by atoms with Crippen LogP contribution in [0.1, 0.15) is 35.0 Å². The second-order valence-corrected chi connectivity index (χ2v) is 12.8. The highest BCUT2D eigenvalue weighted by molar-refractivity contribution is 5.95. The Balaban J connectivity index is 0.00000520. The van der Waals surface area contributed by atoms with E-state index in [9.17, 15) is 25.2 Å². The van der Waals surface area contributed by atoms with E-state index in [2.05, 4.69) is 31.8 Å². The van der Waals surface area contributed by atoms with Crippen LogP contribution in [-0.2, 0) is 11.3 Å². The molecule has 1 fully saturated rings. The number of ether oxygens (including phenoxy) is 2. The molecule has 260 valence electrons. The zero-order chi connectivity index (χ0) is 33.6. The summed E-state index contributed by atoms with van der Waals surface area (Å²) in [5, 5.41) is 46.5. The van der Waals surface area contributed by atoms with E-state index >= 15 is 0 Å². The highest BCUT2D eigenvalue weighted by atomic mass is 35.5. The first-order valence-electron chi connectivity index (χ1n) is 16.0. The van der Waals surface area contributed by atoms with Crippen LogP contribution in [0.25, 0.3) is 22.2 Å². The number of rotatable bonds is 15. The number of aromatic nitrogens is 2. The fourth-order valence-corrected chi connectivity index (χ4v) is 5.57. The van der Waals surface area contributed by atoms with E-state index in [0.717, 1.165) is 27.7 Å². The molecule has 1 saturated heterocycles. The quantitative estimate of drug-likeness (QED) is 0.0719. The van der Waals surface area contributed by atoms with Gasteiger partial charge in [0.25, 0.3) is 5.91 Å². The normalized spacial score (nSPS) is 19.2. The minimum absolute atomic E-state index is 0. The zero-order valence-corrected chi connectivity index (χ0v) is 28.3. The van der Waals surface area contributed by atoms with E-state index in [0.29, 0.717) is 60.8 Å². The number of quaternary nitrogens is 1. The lowest BCUT2D eigenvalue weighted by Crippen LogP contribution is -3.00. The van der Waals surface area contributed by atoms with Gasteiger partial charge in [0.1, 0.15) is 24.1 Å². The molecule has 0 aliphatic carbocycles. The van der Waals surface area contributed by atoms with Crippen LogP contribution in [0.4, 0.5) is 5.95 Å². The van der Waals surface area contributed by atoms with Crippen molar-refractivity contribution in [2.24, 2.45) is 0 Å². The number of aliphatic hydroxyl groups is 4. The number of hydrogen-bond donors (Lipinski definition) is 6. The third-order valence-electron chi connectivity index (χ3n) is 8.18. The van der Waals surface area contributed by atoms with Gasteiger partial charge in [0.05, 0.1) is 58.5 Å². The van der Waals surface area contributed by atoms with Crippen molar-refractivity contribution < 1.29 is 51.6 Å². The van der Waals surface area contributed by atoms with Gasteiger partial charge in [-0.25, -0.2) is 4.98 Å². The molecule has 48 heavy (non-hydrogen) atoms. The van der Waals surface area contributed by atoms with Crippen molar-refractivity contribution in [3.8, 4) is 16.9 Å². The standard InChI is InChI=1S/C35H45N5O7.ClH/c1-40(2,3)16-15-36-33(45)25-10-8-9-24(20-25)26-14-13-23(19-29(26)46-18-7-6-17-41)21-37-35-38-27-11-4-5-12-28(27)39(35)34-32(44)31(43)30(22-42)47-34;/h4-5,8-14,19-20,30-32,34,41-44H,6-7,15-18,21-22H2,1-3H3,(H-,36,37,38,45);1H/t30-,31-,32-,34-;/m1./s1. The average Bonchev–Trinajstić information content (AvgIpc) is 3.56. The maximum atomic E-state index is 12.9. The second kappa shape index (κ2) is 16.6. The van der Waals surface area contributed by atoms with Gasteiger partial charge in [-0.1, -0.05) is 36.4 Å². The Kier molecular flexibility index (Phi) is 12.8. The maximum absolute atomic E-state index is 12.9. The smallest absolute Gasteiger partial charge is 0.251 e. The number of carbonyl (C=O) groups excluding carboxylic acids is 1. The van der Waals surface area contributed by atoms with Gasteiger partial charge in [-0.3, -0.25) is 9.36 Å². The number of para-hydroxylation sites is 2. The lowest BCUT2D eigenvalue weighted by molar-refractivity contribution is -0.869. The molecule has 13 heteroatoms. The van der Waals surface area contributed by atoms with Gasteiger partial charge >= 0.3 is 0 Å². The molecule has 0 spiro atoms. The molecule has 0 radical (unpaired) electrons. The SMILES string of the molecule is C[N+](C)(C)CCNC(=O)c1cccc(-c2ccc(CNc3nc4ccccc4n3[C@@H]3O[C@H](CO)[C@@H](O)[C@H]3O)cc2OCCCCO)c1.[Cl-]. The summed E-state index contributed by atoms with van der Waals surface area (Å²) in [6, 6.07) is 20.8. The summed E-state index contributed by atoms with van der Waals surface area (Å²) < 4.78 is 14.5. The number of fused-ring (bicyclic) bond motifs is 1. The number of imidazole rings is 1. The maximum Gasteiger partial charge on any atom is 0.251 e. The lowest BCUT2D eigenvalue weighted by Gasteiger charge is -2.23. The van der Waals surface area contributed by atoms with E-state index in [1.807, 2.05) is 60.7 Å². The minimum atomic E-state index is -1.26. The molecular formula is C35H46ClN5O7. The molecule has 5 rings (SSSR count). The van der Waals surface area contributed by atoms with E-state index in [4.69, 9.17) is 14.5 Å².